The van der Waals surface area contributed by atoms with Gasteiger partial charge in [-0.3, -0.25) is 4.79 Å². The zero-order valence-electron chi connectivity index (χ0n) is 11.9. The smallest absolute Gasteiger partial charge is 0.260 e. The molecule has 0 bridgehead atoms. The van der Waals surface area contributed by atoms with Crippen LogP contribution >= 0.6 is 11.3 Å². The molecule has 0 unspecified atom stereocenters. The van der Waals surface area contributed by atoms with Crippen LogP contribution in [0.5, 0.6) is 0 Å². The lowest BCUT2D eigenvalue weighted by atomic mass is 9.89. The van der Waals surface area contributed by atoms with E-state index >= 15 is 0 Å². The predicted molar refractivity (Wildman–Crippen MR) is 87.1 cm³/mol. The summed E-state index contributed by atoms with van der Waals surface area (Å²) in [7, 11) is 0. The minimum Gasteiger partial charge on any atom is -0.310 e. The van der Waals surface area contributed by atoms with Crippen molar-refractivity contribution in [3.05, 3.63) is 50.9 Å². The highest BCUT2D eigenvalue weighted by Gasteiger charge is 2.15. The van der Waals surface area contributed by atoms with Crippen molar-refractivity contribution in [2.75, 3.05) is 0 Å². The Balaban J connectivity index is 1.93. The van der Waals surface area contributed by atoms with Crippen molar-refractivity contribution in [2.24, 2.45) is 0 Å². The van der Waals surface area contributed by atoms with Crippen molar-refractivity contribution < 1.29 is 0 Å². The third kappa shape index (κ3) is 2.10. The lowest BCUT2D eigenvalue weighted by Gasteiger charge is -2.16. The first-order valence-electron chi connectivity index (χ1n) is 7.32. The maximum absolute atomic E-state index is 12.3. The van der Waals surface area contributed by atoms with Crippen LogP contribution in [0.1, 0.15) is 29.8 Å². The van der Waals surface area contributed by atoms with Gasteiger partial charge in [-0.1, -0.05) is 18.2 Å². The Hall–Kier alpha value is -1.94. The fourth-order valence-electron chi connectivity index (χ4n) is 3.17. The van der Waals surface area contributed by atoms with Crippen LogP contribution in [0.4, 0.5) is 0 Å². The van der Waals surface area contributed by atoms with Gasteiger partial charge in [0.1, 0.15) is 10.7 Å². The highest BCUT2D eigenvalue weighted by Crippen LogP contribution is 2.33. The molecule has 1 aliphatic rings. The molecular formula is C17H16N2OS. The maximum Gasteiger partial charge on any atom is 0.260 e. The van der Waals surface area contributed by atoms with Gasteiger partial charge in [-0.2, -0.15) is 0 Å². The van der Waals surface area contributed by atoms with Crippen LogP contribution < -0.4 is 5.56 Å². The maximum atomic E-state index is 12.3. The van der Waals surface area contributed by atoms with Gasteiger partial charge in [0.05, 0.1) is 5.39 Å². The summed E-state index contributed by atoms with van der Waals surface area (Å²) in [4.78, 5) is 20.3. The Bertz CT molecular complexity index is 891. The molecule has 3 aromatic rings. The summed E-state index contributed by atoms with van der Waals surface area (Å²) in [6.07, 6.45) is 4.89. The topological polar surface area (TPSA) is 45.8 Å². The quantitative estimate of drug-likeness (QED) is 0.741. The summed E-state index contributed by atoms with van der Waals surface area (Å²) in [5.74, 6) is 0.673. The number of thiophene rings is 1. The lowest BCUT2D eigenvalue weighted by Crippen LogP contribution is -2.09. The summed E-state index contributed by atoms with van der Waals surface area (Å²) in [6, 6.07) is 6.63. The van der Waals surface area contributed by atoms with Gasteiger partial charge in [-0.05, 0) is 49.3 Å². The molecule has 0 fully saturated rings. The number of hydrogen-bond donors (Lipinski definition) is 1. The van der Waals surface area contributed by atoms with Crippen molar-refractivity contribution >= 4 is 21.6 Å². The van der Waals surface area contributed by atoms with Gasteiger partial charge in [-0.15, -0.1) is 11.3 Å². The zero-order valence-corrected chi connectivity index (χ0v) is 12.7. The largest absolute Gasteiger partial charge is 0.310 e. The van der Waals surface area contributed by atoms with E-state index < -0.39 is 0 Å². The molecule has 106 valence electrons. The van der Waals surface area contributed by atoms with Gasteiger partial charge in [0.15, 0.2) is 0 Å². The van der Waals surface area contributed by atoms with E-state index in [4.69, 9.17) is 0 Å². The molecule has 1 aliphatic carbocycles. The second-order valence-corrected chi connectivity index (χ2v) is 6.53. The third-order valence-electron chi connectivity index (χ3n) is 4.22. The highest BCUT2D eigenvalue weighted by atomic mass is 32.1. The number of aromatic amines is 1. The number of nitrogens with one attached hydrogen (secondary N) is 1. The van der Waals surface area contributed by atoms with E-state index in [-0.39, 0.29) is 5.56 Å². The molecule has 0 atom stereocenters. The summed E-state index contributed by atoms with van der Waals surface area (Å²) < 4.78 is 0. The second-order valence-electron chi connectivity index (χ2n) is 5.67. The molecule has 2 aromatic heterocycles. The number of rotatable bonds is 1. The van der Waals surface area contributed by atoms with Crippen LogP contribution in [0.25, 0.3) is 21.3 Å². The molecule has 0 amide bonds. The van der Waals surface area contributed by atoms with Gasteiger partial charge in [0.2, 0.25) is 0 Å². The molecule has 1 aromatic carbocycles. The van der Waals surface area contributed by atoms with Gasteiger partial charge in [0.25, 0.3) is 5.56 Å². The van der Waals surface area contributed by atoms with Crippen LogP contribution in [-0.2, 0) is 12.8 Å². The van der Waals surface area contributed by atoms with Crippen molar-refractivity contribution in [3.8, 4) is 11.1 Å². The van der Waals surface area contributed by atoms with Gasteiger partial charge in [0, 0.05) is 10.9 Å². The fraction of sp³-hybridized carbons (Fsp3) is 0.294. The predicted octanol–water partition coefficient (Wildman–Crippen LogP) is 3.84. The third-order valence-corrected chi connectivity index (χ3v) is 5.09. The van der Waals surface area contributed by atoms with Gasteiger partial charge in [-0.25, -0.2) is 4.98 Å². The normalized spacial score (nSPS) is 14.3. The first-order chi connectivity index (χ1) is 10.2. The average Bonchev–Trinajstić information content (AvgIpc) is 2.90. The standard InChI is InChI=1S/C17H16N2OS/c1-10-18-16(20)15-14(9-21-17(15)19-10)13-7-6-11-4-2-3-5-12(11)8-13/h6-9H,2-5H2,1H3,(H,18,19,20). The Kier molecular flexibility index (Phi) is 2.93. The zero-order chi connectivity index (χ0) is 14.4. The highest BCUT2D eigenvalue weighted by molar-refractivity contribution is 7.17. The second kappa shape index (κ2) is 4.81. The number of aryl methyl sites for hydroxylation is 3. The van der Waals surface area contributed by atoms with Crippen LogP contribution in [0.2, 0.25) is 0 Å². The van der Waals surface area contributed by atoms with Crippen molar-refractivity contribution in [3.63, 3.8) is 0 Å². The van der Waals surface area contributed by atoms with Crippen LogP contribution in [0.15, 0.2) is 28.4 Å². The number of nitrogens with zero attached hydrogens (tertiary/aromatic N) is 1. The van der Waals surface area contributed by atoms with Gasteiger partial charge >= 0.3 is 0 Å². The molecule has 0 saturated heterocycles. The summed E-state index contributed by atoms with van der Waals surface area (Å²) in [5.41, 5.74) is 5.02. The number of fused-ring (bicyclic) bond motifs is 2. The Morgan fingerprint density at radius 2 is 2.00 bits per heavy atom. The number of aromatic nitrogens is 2. The molecule has 0 saturated carbocycles. The van der Waals surface area contributed by atoms with Crippen LogP contribution in [0.3, 0.4) is 0 Å². The fourth-order valence-corrected chi connectivity index (χ4v) is 4.16. The number of H-pyrrole nitrogens is 1. The molecule has 0 aliphatic heterocycles. The Morgan fingerprint density at radius 3 is 2.86 bits per heavy atom. The molecule has 0 spiro atoms. The van der Waals surface area contributed by atoms with Crippen LogP contribution in [0, 0.1) is 6.92 Å². The van der Waals surface area contributed by atoms with E-state index in [0.29, 0.717) is 5.82 Å². The summed E-state index contributed by atoms with van der Waals surface area (Å²) in [6.45, 7) is 1.82. The van der Waals surface area contributed by atoms with Crippen LogP contribution in [-0.4, -0.2) is 9.97 Å². The van der Waals surface area contributed by atoms with E-state index in [2.05, 4.69) is 33.5 Å². The first kappa shape index (κ1) is 12.8. The molecule has 4 rings (SSSR count). The molecular weight excluding hydrogens is 280 g/mol. The van der Waals surface area contributed by atoms with Crippen molar-refractivity contribution in [1.82, 2.24) is 9.97 Å². The lowest BCUT2D eigenvalue weighted by molar-refractivity contribution is 0.686. The minimum atomic E-state index is -0.0357. The van der Waals surface area contributed by atoms with E-state index in [1.165, 1.54) is 30.4 Å². The summed E-state index contributed by atoms with van der Waals surface area (Å²) >= 11 is 1.54. The first-order valence-corrected chi connectivity index (χ1v) is 8.20. The number of benzene rings is 1. The minimum absolute atomic E-state index is 0.0357. The molecule has 4 heteroatoms. The molecule has 1 N–H and O–H groups in total. The van der Waals surface area contributed by atoms with Crippen molar-refractivity contribution in [1.29, 1.82) is 0 Å². The van der Waals surface area contributed by atoms with Crippen molar-refractivity contribution in [2.45, 2.75) is 32.6 Å². The molecule has 3 nitrogen and oxygen atoms in total. The van der Waals surface area contributed by atoms with E-state index in [9.17, 15) is 4.79 Å². The Labute approximate surface area is 126 Å². The average molecular weight is 296 g/mol. The van der Waals surface area contributed by atoms with E-state index in [1.807, 2.05) is 6.92 Å². The molecule has 0 radical (unpaired) electrons. The summed E-state index contributed by atoms with van der Waals surface area (Å²) in [5, 5.41) is 2.78. The molecule has 21 heavy (non-hydrogen) atoms. The SMILES string of the molecule is Cc1nc2scc(-c3ccc4c(c3)CCCC4)c2c(=O)[nH]1. The monoisotopic (exact) mass is 296 g/mol. The van der Waals surface area contributed by atoms with E-state index in [1.54, 1.807) is 11.3 Å². The Morgan fingerprint density at radius 1 is 1.19 bits per heavy atom. The van der Waals surface area contributed by atoms with Gasteiger partial charge < -0.3 is 4.98 Å². The van der Waals surface area contributed by atoms with E-state index in [0.717, 1.165) is 27.8 Å². The number of hydrogen-bond acceptors (Lipinski definition) is 3. The molecule has 2 heterocycles.